The van der Waals surface area contributed by atoms with E-state index >= 15 is 0 Å². The molecule has 3 atom stereocenters. The number of allylic oxidation sites excluding steroid dienone is 2. The second-order valence-electron chi connectivity index (χ2n) is 16.9. The van der Waals surface area contributed by atoms with Crippen LogP contribution in [0.5, 0.6) is 0 Å². The molecular formula is C47H93NO6S. The molecule has 0 aromatic carbocycles. The van der Waals surface area contributed by atoms with Crippen LogP contribution in [0.25, 0.3) is 0 Å². The molecule has 4 N–H and O–H groups in total. The van der Waals surface area contributed by atoms with Gasteiger partial charge in [0.1, 0.15) is 6.10 Å². The highest BCUT2D eigenvalue weighted by Gasteiger charge is 2.28. The molecule has 0 radical (unpaired) electrons. The number of unbranched alkanes of at least 4 members (excludes halogenated alkanes) is 33. The minimum atomic E-state index is -4.41. The normalized spacial score (nSPS) is 13.8. The molecule has 8 heteroatoms. The van der Waals surface area contributed by atoms with Crippen molar-refractivity contribution >= 4 is 16.0 Å². The summed E-state index contributed by atoms with van der Waals surface area (Å²) in [5.74, 6) is -1.45. The van der Waals surface area contributed by atoms with Gasteiger partial charge in [0, 0.05) is 0 Å². The number of nitrogens with one attached hydrogen (secondary N) is 1. The van der Waals surface area contributed by atoms with Crippen molar-refractivity contribution in [3.8, 4) is 0 Å². The maximum atomic E-state index is 12.7. The molecule has 0 heterocycles. The Morgan fingerprint density at radius 3 is 1.09 bits per heavy atom. The van der Waals surface area contributed by atoms with E-state index in [2.05, 4.69) is 31.3 Å². The lowest BCUT2D eigenvalue weighted by atomic mass is 10.0. The second kappa shape index (κ2) is 41.2. The lowest BCUT2D eigenvalue weighted by molar-refractivity contribution is -0.131. The quantitative estimate of drug-likeness (QED) is 0.0276. The molecule has 0 bridgehead atoms. The zero-order chi connectivity index (χ0) is 40.5. The smallest absolute Gasteiger partial charge is 0.266 e. The van der Waals surface area contributed by atoms with Crippen LogP contribution in [0, 0.1) is 0 Å². The summed E-state index contributed by atoms with van der Waals surface area (Å²) in [5, 5.41) is 23.6. The molecule has 3 unspecified atom stereocenters. The molecule has 0 aromatic rings. The van der Waals surface area contributed by atoms with Gasteiger partial charge >= 0.3 is 0 Å². The molecule has 0 spiro atoms. The molecule has 0 saturated carbocycles. The number of hydrogen-bond donors (Lipinski definition) is 4. The van der Waals surface area contributed by atoms with Gasteiger partial charge in [-0.2, -0.15) is 8.42 Å². The van der Waals surface area contributed by atoms with E-state index in [0.717, 1.165) is 51.4 Å². The van der Waals surface area contributed by atoms with Crippen molar-refractivity contribution in [3.05, 3.63) is 12.2 Å². The summed E-state index contributed by atoms with van der Waals surface area (Å²) in [6.07, 6.45) is 48.0. The molecule has 0 fully saturated rings. The summed E-state index contributed by atoms with van der Waals surface area (Å²) < 4.78 is 32.7. The number of amides is 1. The molecule has 7 nitrogen and oxygen atoms in total. The van der Waals surface area contributed by atoms with Crippen LogP contribution in [0.15, 0.2) is 12.2 Å². The lowest BCUT2D eigenvalue weighted by Gasteiger charge is -2.24. The predicted molar refractivity (Wildman–Crippen MR) is 236 cm³/mol. The first-order valence-corrected chi connectivity index (χ1v) is 25.6. The Labute approximate surface area is 342 Å². The maximum Gasteiger partial charge on any atom is 0.266 e. The van der Waals surface area contributed by atoms with Gasteiger partial charge in [0.05, 0.1) is 17.9 Å². The van der Waals surface area contributed by atoms with Gasteiger partial charge in [0.2, 0.25) is 5.91 Å². The van der Waals surface area contributed by atoms with Crippen LogP contribution in [0.2, 0.25) is 0 Å². The van der Waals surface area contributed by atoms with E-state index in [9.17, 15) is 28.0 Å². The fourth-order valence-electron chi connectivity index (χ4n) is 7.63. The van der Waals surface area contributed by atoms with Gasteiger partial charge in [0.25, 0.3) is 10.1 Å². The fourth-order valence-corrected chi connectivity index (χ4v) is 8.39. The fraction of sp³-hybridized carbons (Fsp3) is 0.936. The molecular weight excluding hydrogens is 707 g/mol. The summed E-state index contributed by atoms with van der Waals surface area (Å²) in [6.45, 7) is 4.54. The first-order valence-electron chi connectivity index (χ1n) is 24.0. The van der Waals surface area contributed by atoms with Crippen LogP contribution in [-0.2, 0) is 14.9 Å². The molecule has 0 aliphatic rings. The molecule has 1 amide bonds. The van der Waals surface area contributed by atoms with E-state index in [1.807, 2.05) is 0 Å². The SMILES string of the molecule is CCCCCCCCCCCCC/C=C\CCCCCCCCC(O)C(=O)NC(CS(=O)(=O)O)C(O)CCCCCCCCCCCCCCCCCCC. The number of rotatable bonds is 44. The lowest BCUT2D eigenvalue weighted by Crippen LogP contribution is -2.50. The van der Waals surface area contributed by atoms with Gasteiger partial charge in [-0.3, -0.25) is 9.35 Å². The third-order valence-corrected chi connectivity index (χ3v) is 12.1. The van der Waals surface area contributed by atoms with Crippen LogP contribution in [-0.4, -0.2) is 53.1 Å². The minimum Gasteiger partial charge on any atom is -0.391 e. The van der Waals surface area contributed by atoms with Crippen molar-refractivity contribution < 1.29 is 28.0 Å². The van der Waals surface area contributed by atoms with Crippen molar-refractivity contribution in [1.82, 2.24) is 5.32 Å². The number of aliphatic hydroxyl groups excluding tert-OH is 2. The summed E-state index contributed by atoms with van der Waals surface area (Å²) in [6, 6.07) is -1.15. The third-order valence-electron chi connectivity index (χ3n) is 11.3. The highest BCUT2D eigenvalue weighted by Crippen LogP contribution is 2.17. The van der Waals surface area contributed by atoms with Gasteiger partial charge in [-0.25, -0.2) is 0 Å². The van der Waals surface area contributed by atoms with Gasteiger partial charge in [0.15, 0.2) is 0 Å². The van der Waals surface area contributed by atoms with Crippen molar-refractivity contribution in [1.29, 1.82) is 0 Å². The number of carbonyl (C=O) groups is 1. The van der Waals surface area contributed by atoms with E-state index < -0.39 is 40.0 Å². The Kier molecular flexibility index (Phi) is 40.5. The standard InChI is InChI=1S/C47H93NO6S/c1-3-5-7-9-11-13-15-17-19-21-22-23-24-26-28-30-32-34-36-38-40-42-46(50)47(51)48-44(43-55(52,53)54)45(49)41-39-37-35-33-31-29-27-25-20-18-16-14-12-10-8-6-4-2/h24,26,44-46,49-50H,3-23,25,27-43H2,1-2H3,(H,48,51)(H,52,53,54)/b26-24-. The van der Waals surface area contributed by atoms with Crippen molar-refractivity contribution in [2.24, 2.45) is 0 Å². The molecule has 0 aliphatic carbocycles. The van der Waals surface area contributed by atoms with Crippen LogP contribution in [0.1, 0.15) is 258 Å². The number of hydrogen-bond acceptors (Lipinski definition) is 5. The molecule has 0 aromatic heterocycles. The highest BCUT2D eigenvalue weighted by molar-refractivity contribution is 7.85. The van der Waals surface area contributed by atoms with Gasteiger partial charge < -0.3 is 15.5 Å². The summed E-state index contributed by atoms with van der Waals surface area (Å²) in [5.41, 5.74) is 0. The van der Waals surface area contributed by atoms with Crippen LogP contribution in [0.3, 0.4) is 0 Å². The first-order chi connectivity index (χ1) is 26.7. The number of aliphatic hydroxyl groups is 2. The zero-order valence-electron chi connectivity index (χ0n) is 36.4. The third kappa shape index (κ3) is 41.0. The van der Waals surface area contributed by atoms with E-state index in [-0.39, 0.29) is 0 Å². The Morgan fingerprint density at radius 1 is 0.473 bits per heavy atom. The van der Waals surface area contributed by atoms with Crippen molar-refractivity contribution in [2.75, 3.05) is 5.75 Å². The largest absolute Gasteiger partial charge is 0.391 e. The Balaban J connectivity index is 3.88. The van der Waals surface area contributed by atoms with Gasteiger partial charge in [-0.15, -0.1) is 0 Å². The van der Waals surface area contributed by atoms with Crippen molar-refractivity contribution in [3.63, 3.8) is 0 Å². The Bertz CT molecular complexity index is 942. The summed E-state index contributed by atoms with van der Waals surface area (Å²) >= 11 is 0. The molecule has 328 valence electrons. The Morgan fingerprint density at radius 2 is 0.764 bits per heavy atom. The monoisotopic (exact) mass is 800 g/mol. The molecule has 0 rings (SSSR count). The van der Waals surface area contributed by atoms with E-state index in [1.54, 1.807) is 0 Å². The highest BCUT2D eigenvalue weighted by atomic mass is 32.2. The average Bonchev–Trinajstić information content (AvgIpc) is 3.15. The molecule has 0 saturated heterocycles. The molecule has 55 heavy (non-hydrogen) atoms. The molecule has 0 aliphatic heterocycles. The average molecular weight is 800 g/mol. The van der Waals surface area contributed by atoms with E-state index in [4.69, 9.17) is 0 Å². The Hall–Kier alpha value is -0.960. The second-order valence-corrected chi connectivity index (χ2v) is 18.4. The van der Waals surface area contributed by atoms with Crippen molar-refractivity contribution in [2.45, 2.75) is 276 Å². The van der Waals surface area contributed by atoms with Crippen LogP contribution >= 0.6 is 0 Å². The summed E-state index contributed by atoms with van der Waals surface area (Å²) in [4.78, 5) is 12.7. The predicted octanol–water partition coefficient (Wildman–Crippen LogP) is 13.5. The number of carbonyl (C=O) groups excluding carboxylic acids is 1. The topological polar surface area (TPSA) is 124 Å². The maximum absolute atomic E-state index is 12.7. The first kappa shape index (κ1) is 54.0. The summed E-state index contributed by atoms with van der Waals surface area (Å²) in [7, 11) is -4.41. The van der Waals surface area contributed by atoms with E-state index in [0.29, 0.717) is 19.3 Å². The van der Waals surface area contributed by atoms with Crippen LogP contribution in [0.4, 0.5) is 0 Å². The van der Waals surface area contributed by atoms with Gasteiger partial charge in [-0.1, -0.05) is 231 Å². The minimum absolute atomic E-state index is 0.293. The van der Waals surface area contributed by atoms with E-state index in [1.165, 1.54) is 173 Å². The van der Waals surface area contributed by atoms with Gasteiger partial charge in [-0.05, 0) is 38.5 Å². The van der Waals surface area contributed by atoms with Crippen LogP contribution < -0.4 is 5.32 Å². The zero-order valence-corrected chi connectivity index (χ0v) is 37.3.